The van der Waals surface area contributed by atoms with Crippen LogP contribution in [0.5, 0.6) is 0 Å². The average molecular weight is 617 g/mol. The molecule has 4 atom stereocenters. The number of H-pyrrole nitrogens is 2. The first-order chi connectivity index (χ1) is 21.6. The topological polar surface area (TPSA) is 238 Å². The minimum Gasteiger partial charge on any atom is -0.480 e. The highest BCUT2D eigenvalue weighted by molar-refractivity contribution is 5.95. The van der Waals surface area contributed by atoms with E-state index in [1.807, 2.05) is 24.3 Å². The summed E-state index contributed by atoms with van der Waals surface area (Å²) in [5, 5.41) is 18.4. The lowest BCUT2D eigenvalue weighted by Crippen LogP contribution is -2.58. The van der Waals surface area contributed by atoms with Gasteiger partial charge in [0.2, 0.25) is 23.6 Å². The number of aromatic amines is 2. The number of carbonyl (C=O) groups is 5. The summed E-state index contributed by atoms with van der Waals surface area (Å²) in [5.74, 6) is -4.14. The van der Waals surface area contributed by atoms with Gasteiger partial charge >= 0.3 is 5.97 Å². The van der Waals surface area contributed by atoms with E-state index in [4.69, 9.17) is 11.5 Å². The highest BCUT2D eigenvalue weighted by atomic mass is 16.4. The molecule has 4 aromatic rings. The highest BCUT2D eigenvalue weighted by Gasteiger charge is 2.31. The zero-order chi connectivity index (χ0) is 32.3. The summed E-state index contributed by atoms with van der Waals surface area (Å²) < 4.78 is 0. The Morgan fingerprint density at radius 2 is 1.47 bits per heavy atom. The second-order valence-corrected chi connectivity index (χ2v) is 10.7. The molecule has 14 heteroatoms. The van der Waals surface area contributed by atoms with E-state index in [1.165, 1.54) is 12.5 Å². The standard InChI is InChI=1S/C31H36N8O6/c32-22(13-19-15-35-23-9-5-4-8-21(19)23)28(41)37-24(10-11-27(33)40)29(42)38-25(14-20-16-34-17-36-20)30(43)39-26(31(44)45)12-18-6-2-1-3-7-18/h1-9,15-17,22,24-26,35H,10-14,32H2,(H2,33,40)(H,34,36)(H,37,41)(H,38,42)(H,39,43)(H,44,45). The van der Waals surface area contributed by atoms with Gasteiger partial charge in [-0.15, -0.1) is 0 Å². The van der Waals surface area contributed by atoms with Crippen molar-refractivity contribution < 1.29 is 29.1 Å². The Balaban J connectivity index is 1.48. The van der Waals surface area contributed by atoms with Gasteiger partial charge in [0.1, 0.15) is 18.1 Å². The number of primary amides is 1. The smallest absolute Gasteiger partial charge is 0.326 e. The second-order valence-electron chi connectivity index (χ2n) is 10.7. The fourth-order valence-corrected chi connectivity index (χ4v) is 4.88. The van der Waals surface area contributed by atoms with Crippen LogP contribution < -0.4 is 27.4 Å². The molecule has 236 valence electrons. The molecule has 4 rings (SSSR count). The molecule has 2 aromatic carbocycles. The first-order valence-corrected chi connectivity index (χ1v) is 14.3. The quantitative estimate of drug-likeness (QED) is 0.0854. The molecule has 0 bridgehead atoms. The summed E-state index contributed by atoms with van der Waals surface area (Å²) in [6, 6.07) is 11.5. The molecule has 4 amide bonds. The van der Waals surface area contributed by atoms with Crippen LogP contribution in [0, 0.1) is 0 Å². The number of fused-ring (bicyclic) bond motifs is 1. The lowest BCUT2D eigenvalue weighted by Gasteiger charge is -2.25. The molecule has 2 aromatic heterocycles. The third-order valence-corrected chi connectivity index (χ3v) is 7.27. The Morgan fingerprint density at radius 1 is 0.800 bits per heavy atom. The van der Waals surface area contributed by atoms with Gasteiger partial charge in [-0.3, -0.25) is 19.2 Å². The lowest BCUT2D eigenvalue weighted by molar-refractivity contribution is -0.142. The van der Waals surface area contributed by atoms with Gasteiger partial charge in [0.15, 0.2) is 0 Å². The second kappa shape index (κ2) is 15.3. The first-order valence-electron chi connectivity index (χ1n) is 14.3. The maximum Gasteiger partial charge on any atom is 0.326 e. The normalized spacial score (nSPS) is 13.7. The summed E-state index contributed by atoms with van der Waals surface area (Å²) in [7, 11) is 0. The molecule has 0 aliphatic rings. The highest BCUT2D eigenvalue weighted by Crippen LogP contribution is 2.19. The van der Waals surface area contributed by atoms with E-state index < -0.39 is 53.8 Å². The number of benzene rings is 2. The number of nitrogens with zero attached hydrogens (tertiary/aromatic N) is 1. The number of aliphatic carboxylic acids is 1. The van der Waals surface area contributed by atoms with Gasteiger partial charge in [0.25, 0.3) is 0 Å². The van der Waals surface area contributed by atoms with Crippen LogP contribution in [-0.2, 0) is 43.2 Å². The Hall–Kier alpha value is -5.50. The van der Waals surface area contributed by atoms with Gasteiger partial charge in [-0.25, -0.2) is 9.78 Å². The van der Waals surface area contributed by atoms with Crippen LogP contribution in [0.4, 0.5) is 0 Å². The lowest BCUT2D eigenvalue weighted by atomic mass is 10.0. The average Bonchev–Trinajstić information content (AvgIpc) is 3.69. The Kier molecular flexibility index (Phi) is 11.0. The third-order valence-electron chi connectivity index (χ3n) is 7.27. The Morgan fingerprint density at radius 3 is 2.16 bits per heavy atom. The number of carboxylic acid groups (broad SMARTS) is 1. The van der Waals surface area contributed by atoms with Crippen molar-refractivity contribution in [3.8, 4) is 0 Å². The van der Waals surface area contributed by atoms with Gasteiger partial charge in [-0.1, -0.05) is 48.5 Å². The maximum absolute atomic E-state index is 13.5. The predicted molar refractivity (Wildman–Crippen MR) is 164 cm³/mol. The van der Waals surface area contributed by atoms with E-state index in [-0.39, 0.29) is 32.1 Å². The van der Waals surface area contributed by atoms with Crippen molar-refractivity contribution >= 4 is 40.5 Å². The van der Waals surface area contributed by atoms with Crippen molar-refractivity contribution in [2.24, 2.45) is 11.5 Å². The number of imidazole rings is 1. The zero-order valence-electron chi connectivity index (χ0n) is 24.4. The number of para-hydroxylation sites is 1. The molecule has 0 spiro atoms. The van der Waals surface area contributed by atoms with Gasteiger partial charge in [-0.05, 0) is 30.0 Å². The summed E-state index contributed by atoms with van der Waals surface area (Å²) in [4.78, 5) is 73.5. The number of hydrogen-bond acceptors (Lipinski definition) is 7. The number of carbonyl (C=O) groups excluding carboxylic acids is 4. The van der Waals surface area contributed by atoms with Crippen molar-refractivity contribution in [1.82, 2.24) is 30.9 Å². The Bertz CT molecular complexity index is 1620. The van der Waals surface area contributed by atoms with E-state index in [1.54, 1.807) is 36.5 Å². The molecule has 0 aliphatic carbocycles. The summed E-state index contributed by atoms with van der Waals surface area (Å²) in [6.07, 6.45) is 4.35. The number of amides is 4. The summed E-state index contributed by atoms with van der Waals surface area (Å²) in [5.41, 5.74) is 14.4. The van der Waals surface area contributed by atoms with Gasteiger partial charge in [0.05, 0.1) is 12.4 Å². The van der Waals surface area contributed by atoms with Crippen LogP contribution in [0.15, 0.2) is 73.3 Å². The van der Waals surface area contributed by atoms with E-state index in [9.17, 15) is 29.1 Å². The molecule has 2 heterocycles. The molecule has 0 saturated heterocycles. The molecule has 45 heavy (non-hydrogen) atoms. The number of nitrogens with two attached hydrogens (primary N) is 2. The van der Waals surface area contributed by atoms with Crippen molar-refractivity contribution in [3.05, 3.63) is 90.1 Å². The van der Waals surface area contributed by atoms with E-state index in [2.05, 4.69) is 30.9 Å². The van der Waals surface area contributed by atoms with Crippen LogP contribution in [0.25, 0.3) is 10.9 Å². The van der Waals surface area contributed by atoms with E-state index in [0.717, 1.165) is 16.5 Å². The molecular formula is C31H36N8O6. The third kappa shape index (κ3) is 9.24. The van der Waals surface area contributed by atoms with Crippen molar-refractivity contribution in [2.75, 3.05) is 0 Å². The molecular weight excluding hydrogens is 580 g/mol. The fraction of sp³-hybridized carbons (Fsp3) is 0.290. The molecule has 0 fully saturated rings. The number of rotatable bonds is 16. The minimum absolute atomic E-state index is 0.0122. The van der Waals surface area contributed by atoms with E-state index >= 15 is 0 Å². The maximum atomic E-state index is 13.5. The largest absolute Gasteiger partial charge is 0.480 e. The SMILES string of the molecule is NC(=O)CCC(NC(=O)C(N)Cc1c[nH]c2ccccc12)C(=O)NC(Cc1cnc[nH]1)C(=O)NC(Cc1ccccc1)C(=O)O. The number of carboxylic acids is 1. The fourth-order valence-electron chi connectivity index (χ4n) is 4.88. The number of aromatic nitrogens is 3. The van der Waals surface area contributed by atoms with Crippen LogP contribution in [0.2, 0.25) is 0 Å². The van der Waals surface area contributed by atoms with Gasteiger partial charge in [0, 0.05) is 48.3 Å². The van der Waals surface area contributed by atoms with Crippen molar-refractivity contribution in [3.63, 3.8) is 0 Å². The van der Waals surface area contributed by atoms with Crippen LogP contribution in [0.1, 0.15) is 29.7 Å². The van der Waals surface area contributed by atoms with Crippen molar-refractivity contribution in [1.29, 1.82) is 0 Å². The van der Waals surface area contributed by atoms with Crippen LogP contribution >= 0.6 is 0 Å². The number of hydrogen-bond donors (Lipinski definition) is 8. The number of nitrogens with one attached hydrogen (secondary N) is 5. The molecule has 0 saturated carbocycles. The predicted octanol–water partition coefficient (Wildman–Crippen LogP) is 0.0507. The molecule has 0 radical (unpaired) electrons. The van der Waals surface area contributed by atoms with Gasteiger partial charge in [-0.2, -0.15) is 0 Å². The summed E-state index contributed by atoms with van der Waals surface area (Å²) >= 11 is 0. The minimum atomic E-state index is -1.28. The first kappa shape index (κ1) is 32.4. The Labute approximate surface area is 258 Å². The zero-order valence-corrected chi connectivity index (χ0v) is 24.4. The van der Waals surface area contributed by atoms with Crippen LogP contribution in [-0.4, -0.2) is 73.8 Å². The van der Waals surface area contributed by atoms with Crippen LogP contribution in [0.3, 0.4) is 0 Å². The molecule has 0 aliphatic heterocycles. The summed E-state index contributed by atoms with van der Waals surface area (Å²) in [6.45, 7) is 0. The van der Waals surface area contributed by atoms with Gasteiger partial charge < -0.3 is 42.5 Å². The van der Waals surface area contributed by atoms with Crippen molar-refractivity contribution in [2.45, 2.75) is 56.3 Å². The monoisotopic (exact) mass is 616 g/mol. The molecule has 4 unspecified atom stereocenters. The molecule has 14 nitrogen and oxygen atoms in total. The van der Waals surface area contributed by atoms with E-state index in [0.29, 0.717) is 11.3 Å². The molecule has 10 N–H and O–H groups in total.